The van der Waals surface area contributed by atoms with Crippen LogP contribution in [0.1, 0.15) is 11.8 Å². The Balaban J connectivity index is 2.09. The maximum absolute atomic E-state index is 10.2. The molecule has 1 fully saturated rings. The predicted molar refractivity (Wildman–Crippen MR) is 61.9 cm³/mol. The van der Waals surface area contributed by atoms with Gasteiger partial charge >= 0.3 is 0 Å². The minimum Gasteiger partial charge on any atom is -0.385 e. The molecule has 2 atom stereocenters. The summed E-state index contributed by atoms with van der Waals surface area (Å²) in [7, 11) is 3.94. The number of hydrogen-bond donors (Lipinski definition) is 1. The molecule has 0 aliphatic carbocycles. The van der Waals surface area contributed by atoms with Crippen molar-refractivity contribution in [1.82, 2.24) is 14.7 Å². The molecular weight excluding hydrogens is 210 g/mol. The molecular formula is C10H17N3OS. The van der Waals surface area contributed by atoms with Gasteiger partial charge in [0.25, 0.3) is 0 Å². The molecule has 1 aromatic heterocycles. The number of aliphatic hydroxyl groups excluding tert-OH is 1. The van der Waals surface area contributed by atoms with Crippen LogP contribution in [0.25, 0.3) is 0 Å². The lowest BCUT2D eigenvalue weighted by Gasteiger charge is -2.34. The normalized spacial score (nSPS) is 25.4. The second-order valence-electron chi connectivity index (χ2n) is 3.98. The third-order valence-electron chi connectivity index (χ3n) is 2.84. The Hall–Kier alpha value is -0.520. The first kappa shape index (κ1) is 11.0. The summed E-state index contributed by atoms with van der Waals surface area (Å²) >= 11 is 1.90. The summed E-state index contributed by atoms with van der Waals surface area (Å²) in [5.74, 6) is 2.14. The average Bonchev–Trinajstić information content (AvgIpc) is 2.65. The van der Waals surface area contributed by atoms with Gasteiger partial charge < -0.3 is 5.11 Å². The molecule has 0 saturated carbocycles. The zero-order chi connectivity index (χ0) is 10.8. The van der Waals surface area contributed by atoms with Gasteiger partial charge in [-0.1, -0.05) is 0 Å². The van der Waals surface area contributed by atoms with E-state index in [1.54, 1.807) is 4.68 Å². The van der Waals surface area contributed by atoms with Gasteiger partial charge in [-0.3, -0.25) is 9.58 Å². The van der Waals surface area contributed by atoms with E-state index in [1.807, 2.05) is 31.1 Å². The van der Waals surface area contributed by atoms with Crippen LogP contribution >= 0.6 is 11.8 Å². The van der Waals surface area contributed by atoms with Gasteiger partial charge in [-0.05, 0) is 13.1 Å². The van der Waals surface area contributed by atoms with Crippen LogP contribution in [0.5, 0.6) is 0 Å². The second-order valence-corrected chi connectivity index (χ2v) is 5.13. The standard InChI is InChI=1S/C10H17N3OS/c1-12-5-6-15-7-9(12)10(14)8-3-4-13(2)11-8/h3-4,9-10,14H,5-7H2,1-2H3. The summed E-state index contributed by atoms with van der Waals surface area (Å²) in [5, 5.41) is 14.4. The van der Waals surface area contributed by atoms with Crippen molar-refractivity contribution >= 4 is 11.8 Å². The van der Waals surface area contributed by atoms with E-state index in [0.717, 1.165) is 23.7 Å². The van der Waals surface area contributed by atoms with Crippen LogP contribution in [0, 0.1) is 0 Å². The highest BCUT2D eigenvalue weighted by molar-refractivity contribution is 7.99. The zero-order valence-electron chi connectivity index (χ0n) is 9.13. The van der Waals surface area contributed by atoms with E-state index in [2.05, 4.69) is 17.0 Å². The van der Waals surface area contributed by atoms with E-state index in [-0.39, 0.29) is 6.04 Å². The van der Waals surface area contributed by atoms with Gasteiger partial charge in [-0.15, -0.1) is 0 Å². The number of hydrogen-bond acceptors (Lipinski definition) is 4. The molecule has 84 valence electrons. The first-order valence-corrected chi connectivity index (χ1v) is 6.29. The molecule has 1 N–H and O–H groups in total. The molecule has 4 nitrogen and oxygen atoms in total. The number of aliphatic hydroxyl groups is 1. The molecule has 1 aliphatic heterocycles. The highest BCUT2D eigenvalue weighted by Crippen LogP contribution is 2.25. The monoisotopic (exact) mass is 227 g/mol. The third kappa shape index (κ3) is 2.35. The fourth-order valence-electron chi connectivity index (χ4n) is 1.83. The molecule has 0 amide bonds. The van der Waals surface area contributed by atoms with Crippen LogP contribution in [0.2, 0.25) is 0 Å². The first-order chi connectivity index (χ1) is 7.18. The van der Waals surface area contributed by atoms with Gasteiger partial charge in [0.2, 0.25) is 0 Å². The first-order valence-electron chi connectivity index (χ1n) is 5.14. The maximum atomic E-state index is 10.2. The summed E-state index contributed by atoms with van der Waals surface area (Å²) < 4.78 is 1.73. The highest BCUT2D eigenvalue weighted by atomic mass is 32.2. The van der Waals surface area contributed by atoms with Crippen molar-refractivity contribution in [2.24, 2.45) is 7.05 Å². The Morgan fingerprint density at radius 1 is 1.60 bits per heavy atom. The van der Waals surface area contributed by atoms with Crippen molar-refractivity contribution in [1.29, 1.82) is 0 Å². The van der Waals surface area contributed by atoms with E-state index in [1.165, 1.54) is 0 Å². The van der Waals surface area contributed by atoms with Crippen LogP contribution < -0.4 is 0 Å². The Morgan fingerprint density at radius 3 is 3.00 bits per heavy atom. The van der Waals surface area contributed by atoms with E-state index in [0.29, 0.717) is 0 Å². The molecule has 15 heavy (non-hydrogen) atoms. The van der Waals surface area contributed by atoms with Gasteiger partial charge in [0.1, 0.15) is 6.10 Å². The van der Waals surface area contributed by atoms with E-state index >= 15 is 0 Å². The number of likely N-dealkylation sites (N-methyl/N-ethyl adjacent to an activating group) is 1. The van der Waals surface area contributed by atoms with Gasteiger partial charge in [0.05, 0.1) is 11.7 Å². The number of aryl methyl sites for hydroxylation is 1. The Labute approximate surface area is 94.3 Å². The lowest BCUT2D eigenvalue weighted by molar-refractivity contribution is 0.0722. The minimum atomic E-state index is -0.469. The molecule has 1 saturated heterocycles. The molecule has 0 bridgehead atoms. The SMILES string of the molecule is CN1CCSCC1C(O)c1ccn(C)n1. The smallest absolute Gasteiger partial charge is 0.114 e. The molecule has 5 heteroatoms. The Bertz CT molecular complexity index is 328. The number of rotatable bonds is 2. The molecule has 1 aromatic rings. The number of nitrogens with zero attached hydrogens (tertiary/aromatic N) is 3. The van der Waals surface area contributed by atoms with E-state index in [9.17, 15) is 5.11 Å². The number of aromatic nitrogens is 2. The molecule has 2 heterocycles. The van der Waals surface area contributed by atoms with Gasteiger partial charge in [0.15, 0.2) is 0 Å². The van der Waals surface area contributed by atoms with Crippen molar-refractivity contribution < 1.29 is 5.11 Å². The second kappa shape index (κ2) is 4.55. The summed E-state index contributed by atoms with van der Waals surface area (Å²) in [6.07, 6.45) is 1.40. The van der Waals surface area contributed by atoms with Crippen molar-refractivity contribution in [3.05, 3.63) is 18.0 Å². The Kier molecular flexibility index (Phi) is 3.33. The van der Waals surface area contributed by atoms with Crippen molar-refractivity contribution in [2.45, 2.75) is 12.1 Å². The summed E-state index contributed by atoms with van der Waals surface area (Å²) in [6.45, 7) is 1.04. The maximum Gasteiger partial charge on any atom is 0.114 e. The van der Waals surface area contributed by atoms with Crippen molar-refractivity contribution in [2.75, 3.05) is 25.1 Å². The van der Waals surface area contributed by atoms with Gasteiger partial charge in [0, 0.05) is 31.3 Å². The molecule has 0 aromatic carbocycles. The summed E-state index contributed by atoms with van der Waals surface area (Å²) in [6, 6.07) is 2.08. The van der Waals surface area contributed by atoms with Crippen LogP contribution in [0.3, 0.4) is 0 Å². The quantitative estimate of drug-likeness (QED) is 0.799. The van der Waals surface area contributed by atoms with Crippen molar-refractivity contribution in [3.8, 4) is 0 Å². The van der Waals surface area contributed by atoms with E-state index in [4.69, 9.17) is 0 Å². The average molecular weight is 227 g/mol. The van der Waals surface area contributed by atoms with Crippen LogP contribution in [-0.4, -0.2) is 50.9 Å². The largest absolute Gasteiger partial charge is 0.385 e. The third-order valence-corrected chi connectivity index (χ3v) is 3.89. The van der Waals surface area contributed by atoms with Gasteiger partial charge in [-0.25, -0.2) is 0 Å². The molecule has 2 rings (SSSR count). The zero-order valence-corrected chi connectivity index (χ0v) is 9.94. The van der Waals surface area contributed by atoms with Crippen LogP contribution in [-0.2, 0) is 7.05 Å². The summed E-state index contributed by atoms with van der Waals surface area (Å²) in [5.41, 5.74) is 0.775. The fourth-order valence-corrected chi connectivity index (χ4v) is 3.09. The van der Waals surface area contributed by atoms with Crippen LogP contribution in [0.4, 0.5) is 0 Å². The highest BCUT2D eigenvalue weighted by Gasteiger charge is 2.28. The molecule has 2 unspecified atom stereocenters. The van der Waals surface area contributed by atoms with E-state index < -0.39 is 6.10 Å². The lowest BCUT2D eigenvalue weighted by atomic mass is 10.1. The molecule has 1 aliphatic rings. The summed E-state index contributed by atoms with van der Waals surface area (Å²) in [4.78, 5) is 2.22. The topological polar surface area (TPSA) is 41.3 Å². The van der Waals surface area contributed by atoms with Crippen molar-refractivity contribution in [3.63, 3.8) is 0 Å². The fraction of sp³-hybridized carbons (Fsp3) is 0.700. The number of thioether (sulfide) groups is 1. The minimum absolute atomic E-state index is 0.193. The predicted octanol–water partition coefficient (Wildman–Crippen LogP) is 0.501. The molecule has 0 spiro atoms. The van der Waals surface area contributed by atoms with Gasteiger partial charge in [-0.2, -0.15) is 16.9 Å². The molecule has 0 radical (unpaired) electrons. The van der Waals surface area contributed by atoms with Crippen LogP contribution in [0.15, 0.2) is 12.3 Å². The Morgan fingerprint density at radius 2 is 2.40 bits per heavy atom. The lowest BCUT2D eigenvalue weighted by Crippen LogP contribution is -2.43.